The zero-order valence-corrected chi connectivity index (χ0v) is 10.7. The number of ether oxygens (including phenoxy) is 1. The fourth-order valence-corrected chi connectivity index (χ4v) is 2.23. The molecule has 90 valence electrons. The van der Waals surface area contributed by atoms with Gasteiger partial charge in [-0.05, 0) is 30.0 Å². The summed E-state index contributed by atoms with van der Waals surface area (Å²) in [6.07, 6.45) is 1.00. The zero-order chi connectivity index (χ0) is 12.1. The van der Waals surface area contributed by atoms with Gasteiger partial charge in [0.1, 0.15) is 5.75 Å². The molecule has 2 N–H and O–H groups in total. The first-order chi connectivity index (χ1) is 7.60. The SMILES string of the molecule is CCC(N)C(c1cccc(OC)c1)C(C)C. The van der Waals surface area contributed by atoms with E-state index in [1.165, 1.54) is 5.56 Å². The molecule has 0 aliphatic heterocycles. The van der Waals surface area contributed by atoms with Gasteiger partial charge < -0.3 is 10.5 Å². The van der Waals surface area contributed by atoms with Crippen molar-refractivity contribution >= 4 is 0 Å². The molecule has 0 radical (unpaired) electrons. The van der Waals surface area contributed by atoms with Gasteiger partial charge in [-0.1, -0.05) is 32.9 Å². The van der Waals surface area contributed by atoms with Gasteiger partial charge in [0, 0.05) is 12.0 Å². The summed E-state index contributed by atoms with van der Waals surface area (Å²) in [5, 5.41) is 0. The summed E-state index contributed by atoms with van der Waals surface area (Å²) in [6, 6.07) is 8.46. The second-order valence-corrected chi connectivity index (χ2v) is 4.62. The average Bonchev–Trinajstić information content (AvgIpc) is 2.29. The van der Waals surface area contributed by atoms with Crippen molar-refractivity contribution in [2.45, 2.75) is 39.2 Å². The molecule has 1 aromatic carbocycles. The van der Waals surface area contributed by atoms with Crippen LogP contribution in [0.15, 0.2) is 24.3 Å². The van der Waals surface area contributed by atoms with Crippen LogP contribution in [0.4, 0.5) is 0 Å². The molecule has 1 rings (SSSR count). The van der Waals surface area contributed by atoms with Gasteiger partial charge in [0.15, 0.2) is 0 Å². The molecule has 0 saturated heterocycles. The fourth-order valence-electron chi connectivity index (χ4n) is 2.23. The second kappa shape index (κ2) is 5.90. The largest absolute Gasteiger partial charge is 0.497 e. The van der Waals surface area contributed by atoms with Gasteiger partial charge in [-0.2, -0.15) is 0 Å². The van der Waals surface area contributed by atoms with Crippen LogP contribution < -0.4 is 10.5 Å². The maximum Gasteiger partial charge on any atom is 0.119 e. The Morgan fingerprint density at radius 3 is 2.50 bits per heavy atom. The molecule has 0 aliphatic carbocycles. The van der Waals surface area contributed by atoms with Crippen molar-refractivity contribution in [3.63, 3.8) is 0 Å². The van der Waals surface area contributed by atoms with E-state index in [1.807, 2.05) is 12.1 Å². The molecule has 2 unspecified atom stereocenters. The van der Waals surface area contributed by atoms with Crippen molar-refractivity contribution in [3.8, 4) is 5.75 Å². The topological polar surface area (TPSA) is 35.2 Å². The summed E-state index contributed by atoms with van der Waals surface area (Å²) in [7, 11) is 1.70. The summed E-state index contributed by atoms with van der Waals surface area (Å²) >= 11 is 0. The van der Waals surface area contributed by atoms with Crippen molar-refractivity contribution in [2.24, 2.45) is 11.7 Å². The van der Waals surface area contributed by atoms with E-state index in [2.05, 4.69) is 32.9 Å². The highest BCUT2D eigenvalue weighted by molar-refractivity contribution is 5.32. The predicted molar refractivity (Wildman–Crippen MR) is 68.8 cm³/mol. The zero-order valence-electron chi connectivity index (χ0n) is 10.7. The minimum absolute atomic E-state index is 0.215. The molecule has 1 aromatic rings. The summed E-state index contributed by atoms with van der Waals surface area (Å²) < 4.78 is 5.26. The van der Waals surface area contributed by atoms with Gasteiger partial charge in [-0.15, -0.1) is 0 Å². The Labute approximate surface area is 98.8 Å². The number of nitrogens with two attached hydrogens (primary N) is 1. The first kappa shape index (κ1) is 13.0. The van der Waals surface area contributed by atoms with Crippen molar-refractivity contribution in [2.75, 3.05) is 7.11 Å². The van der Waals surface area contributed by atoms with E-state index in [-0.39, 0.29) is 6.04 Å². The molecule has 0 heterocycles. The predicted octanol–water partition coefficient (Wildman–Crippen LogP) is 3.17. The van der Waals surface area contributed by atoms with Crippen LogP contribution >= 0.6 is 0 Å². The van der Waals surface area contributed by atoms with Crippen LogP contribution in [0.3, 0.4) is 0 Å². The maximum absolute atomic E-state index is 6.20. The van der Waals surface area contributed by atoms with Crippen LogP contribution in [-0.4, -0.2) is 13.2 Å². The molecule has 0 aromatic heterocycles. The highest BCUT2D eigenvalue weighted by atomic mass is 16.5. The molecular weight excluding hydrogens is 198 g/mol. The van der Waals surface area contributed by atoms with Crippen LogP contribution in [0.2, 0.25) is 0 Å². The lowest BCUT2D eigenvalue weighted by molar-refractivity contribution is 0.397. The molecule has 0 spiro atoms. The third kappa shape index (κ3) is 2.99. The standard InChI is InChI=1S/C14H23NO/c1-5-13(15)14(10(2)3)11-7-6-8-12(9-11)16-4/h6-10,13-14H,5,15H2,1-4H3. The molecule has 0 aliphatic rings. The fraction of sp³-hybridized carbons (Fsp3) is 0.571. The Bertz CT molecular complexity index is 322. The molecule has 2 nitrogen and oxygen atoms in total. The summed E-state index contributed by atoms with van der Waals surface area (Å²) in [4.78, 5) is 0. The van der Waals surface area contributed by atoms with E-state index in [0.717, 1.165) is 12.2 Å². The van der Waals surface area contributed by atoms with Crippen molar-refractivity contribution in [3.05, 3.63) is 29.8 Å². The highest BCUT2D eigenvalue weighted by Gasteiger charge is 2.22. The van der Waals surface area contributed by atoms with E-state index in [4.69, 9.17) is 10.5 Å². The molecule has 16 heavy (non-hydrogen) atoms. The van der Waals surface area contributed by atoms with Crippen molar-refractivity contribution in [1.82, 2.24) is 0 Å². The molecule has 0 saturated carbocycles. The van der Waals surface area contributed by atoms with E-state index >= 15 is 0 Å². The Morgan fingerprint density at radius 2 is 2.00 bits per heavy atom. The lowest BCUT2D eigenvalue weighted by Crippen LogP contribution is -2.30. The van der Waals surface area contributed by atoms with Gasteiger partial charge in [0.05, 0.1) is 7.11 Å². The average molecular weight is 221 g/mol. The third-order valence-corrected chi connectivity index (χ3v) is 3.13. The maximum atomic E-state index is 6.20. The minimum atomic E-state index is 0.215. The van der Waals surface area contributed by atoms with E-state index in [1.54, 1.807) is 7.11 Å². The van der Waals surface area contributed by atoms with Crippen LogP contribution in [0.1, 0.15) is 38.7 Å². The van der Waals surface area contributed by atoms with E-state index < -0.39 is 0 Å². The first-order valence-electron chi connectivity index (χ1n) is 5.99. The normalized spacial score (nSPS) is 14.9. The van der Waals surface area contributed by atoms with Gasteiger partial charge in [0.2, 0.25) is 0 Å². The Hall–Kier alpha value is -1.02. The Morgan fingerprint density at radius 1 is 1.31 bits per heavy atom. The van der Waals surface area contributed by atoms with Crippen molar-refractivity contribution in [1.29, 1.82) is 0 Å². The van der Waals surface area contributed by atoms with Crippen molar-refractivity contribution < 1.29 is 4.74 Å². The lowest BCUT2D eigenvalue weighted by atomic mass is 9.82. The Balaban J connectivity index is 3.00. The van der Waals surface area contributed by atoms with Crippen LogP contribution in [0.25, 0.3) is 0 Å². The molecule has 2 heteroatoms. The first-order valence-corrected chi connectivity index (χ1v) is 5.99. The minimum Gasteiger partial charge on any atom is -0.497 e. The monoisotopic (exact) mass is 221 g/mol. The molecule has 0 amide bonds. The number of hydrogen-bond acceptors (Lipinski definition) is 2. The molecule has 0 bridgehead atoms. The van der Waals surface area contributed by atoms with Gasteiger partial charge >= 0.3 is 0 Å². The third-order valence-electron chi connectivity index (χ3n) is 3.13. The van der Waals surface area contributed by atoms with Gasteiger partial charge in [-0.3, -0.25) is 0 Å². The van der Waals surface area contributed by atoms with Crippen LogP contribution in [0, 0.1) is 5.92 Å². The van der Waals surface area contributed by atoms with E-state index in [0.29, 0.717) is 11.8 Å². The lowest BCUT2D eigenvalue weighted by Gasteiger charge is -2.27. The van der Waals surface area contributed by atoms with Crippen LogP contribution in [0.5, 0.6) is 5.75 Å². The summed E-state index contributed by atoms with van der Waals surface area (Å²) in [6.45, 7) is 6.58. The number of benzene rings is 1. The Kier molecular flexibility index (Phi) is 4.81. The number of rotatable bonds is 5. The number of hydrogen-bond donors (Lipinski definition) is 1. The second-order valence-electron chi connectivity index (χ2n) is 4.62. The summed E-state index contributed by atoms with van der Waals surface area (Å²) in [5.74, 6) is 1.86. The summed E-state index contributed by atoms with van der Waals surface area (Å²) in [5.41, 5.74) is 7.48. The van der Waals surface area contributed by atoms with Gasteiger partial charge in [0.25, 0.3) is 0 Å². The highest BCUT2D eigenvalue weighted by Crippen LogP contribution is 2.30. The quantitative estimate of drug-likeness (QED) is 0.829. The molecular formula is C14H23NO. The van der Waals surface area contributed by atoms with Crippen LogP contribution in [-0.2, 0) is 0 Å². The van der Waals surface area contributed by atoms with Gasteiger partial charge in [-0.25, -0.2) is 0 Å². The molecule has 0 fully saturated rings. The number of methoxy groups -OCH3 is 1. The smallest absolute Gasteiger partial charge is 0.119 e. The molecule has 2 atom stereocenters. The van der Waals surface area contributed by atoms with E-state index in [9.17, 15) is 0 Å².